The van der Waals surface area contributed by atoms with Gasteiger partial charge in [-0.05, 0) is 32.8 Å². The van der Waals surface area contributed by atoms with Crippen LogP contribution in [0.5, 0.6) is 0 Å². The second kappa shape index (κ2) is 10.8. The number of carbonyl (C=O) groups excluding carboxylic acids is 2. The number of nitrogens with one attached hydrogen (secondary N) is 3. The smallest absolute Gasteiger partial charge is 0.227 e. The highest BCUT2D eigenvalue weighted by atomic mass is 16.2. The molecule has 29 heavy (non-hydrogen) atoms. The van der Waals surface area contributed by atoms with E-state index in [0.717, 1.165) is 26.1 Å². The molecule has 0 spiro atoms. The van der Waals surface area contributed by atoms with E-state index in [1.165, 1.54) is 5.56 Å². The van der Waals surface area contributed by atoms with Gasteiger partial charge in [-0.25, -0.2) is 0 Å². The molecule has 1 aromatic rings. The average molecular weight is 402 g/mol. The van der Waals surface area contributed by atoms with E-state index in [2.05, 4.69) is 33.1 Å². The number of hydrogen-bond donors (Lipinski definition) is 3. The highest BCUT2D eigenvalue weighted by Crippen LogP contribution is 2.18. The third kappa shape index (κ3) is 7.07. The number of rotatable bonds is 9. The molecule has 1 saturated heterocycles. The molecule has 1 unspecified atom stereocenters. The van der Waals surface area contributed by atoms with Gasteiger partial charge in [-0.2, -0.15) is 0 Å². The number of hydrogen-bond acceptors (Lipinski definition) is 3. The summed E-state index contributed by atoms with van der Waals surface area (Å²) in [6.07, 6.45) is 1.44. The molecule has 1 atom stereocenters. The van der Waals surface area contributed by atoms with Crippen LogP contribution >= 0.6 is 0 Å². The van der Waals surface area contributed by atoms with E-state index in [1.54, 1.807) is 7.05 Å². The summed E-state index contributed by atoms with van der Waals surface area (Å²) in [6, 6.07) is 10.3. The summed E-state index contributed by atoms with van der Waals surface area (Å²) in [5, 5.41) is 9.23. The molecule has 3 N–H and O–H groups in total. The zero-order chi connectivity index (χ0) is 21.3. The lowest BCUT2D eigenvalue weighted by Gasteiger charge is -2.21. The van der Waals surface area contributed by atoms with Crippen LogP contribution in [-0.4, -0.2) is 62.4 Å². The number of guanidine groups is 1. The van der Waals surface area contributed by atoms with Crippen LogP contribution in [0.2, 0.25) is 0 Å². The van der Waals surface area contributed by atoms with Crippen molar-refractivity contribution in [3.63, 3.8) is 0 Å². The van der Waals surface area contributed by atoms with Crippen molar-refractivity contribution in [3.8, 4) is 0 Å². The van der Waals surface area contributed by atoms with Gasteiger partial charge < -0.3 is 20.9 Å². The van der Waals surface area contributed by atoms with Crippen LogP contribution in [0.4, 0.5) is 0 Å². The Labute approximate surface area is 174 Å². The standard InChI is InChI=1S/C22H35N5O2/c1-5-24-21(26-16-22(2,3)20(29)23-4)25-14-18-13-19(28)27(15-18)12-11-17-9-7-6-8-10-17/h6-10,18H,5,11-16H2,1-4H3,(H,23,29)(H2,24,25,26). The van der Waals surface area contributed by atoms with Crippen LogP contribution in [0, 0.1) is 11.3 Å². The highest BCUT2D eigenvalue weighted by molar-refractivity contribution is 5.83. The van der Waals surface area contributed by atoms with Crippen LogP contribution in [-0.2, 0) is 16.0 Å². The van der Waals surface area contributed by atoms with Gasteiger partial charge in [0.15, 0.2) is 5.96 Å². The molecular formula is C22H35N5O2. The zero-order valence-corrected chi connectivity index (χ0v) is 18.1. The minimum atomic E-state index is -0.575. The topological polar surface area (TPSA) is 85.8 Å². The lowest BCUT2D eigenvalue weighted by molar-refractivity contribution is -0.128. The van der Waals surface area contributed by atoms with Crippen LogP contribution in [0.15, 0.2) is 35.3 Å². The lowest BCUT2D eigenvalue weighted by Crippen LogP contribution is -2.42. The first kappa shape index (κ1) is 22.7. The molecule has 0 aromatic heterocycles. The van der Waals surface area contributed by atoms with E-state index in [-0.39, 0.29) is 17.7 Å². The normalized spacial score (nSPS) is 17.4. The summed E-state index contributed by atoms with van der Waals surface area (Å²) in [5.41, 5.74) is 0.677. The van der Waals surface area contributed by atoms with Gasteiger partial charge in [-0.3, -0.25) is 14.6 Å². The van der Waals surface area contributed by atoms with Crippen molar-refractivity contribution in [2.75, 3.05) is 39.8 Å². The van der Waals surface area contributed by atoms with Gasteiger partial charge in [-0.15, -0.1) is 0 Å². The van der Waals surface area contributed by atoms with E-state index < -0.39 is 5.41 Å². The van der Waals surface area contributed by atoms with Crippen LogP contribution < -0.4 is 16.0 Å². The molecule has 1 aromatic carbocycles. The molecule has 0 saturated carbocycles. The van der Waals surface area contributed by atoms with Crippen molar-refractivity contribution in [3.05, 3.63) is 35.9 Å². The van der Waals surface area contributed by atoms with E-state index in [9.17, 15) is 9.59 Å². The van der Waals surface area contributed by atoms with Gasteiger partial charge in [0, 0.05) is 45.6 Å². The van der Waals surface area contributed by atoms with Gasteiger partial charge in [0.05, 0.1) is 12.0 Å². The fraction of sp³-hybridized carbons (Fsp3) is 0.591. The molecule has 1 aliphatic rings. The average Bonchev–Trinajstić information content (AvgIpc) is 3.08. The largest absolute Gasteiger partial charge is 0.359 e. The maximum Gasteiger partial charge on any atom is 0.227 e. The molecule has 7 nitrogen and oxygen atoms in total. The summed E-state index contributed by atoms with van der Waals surface area (Å²) in [4.78, 5) is 30.8. The van der Waals surface area contributed by atoms with Gasteiger partial charge in [-0.1, -0.05) is 30.3 Å². The molecule has 1 heterocycles. The first-order valence-corrected chi connectivity index (χ1v) is 10.4. The molecule has 2 amide bonds. The Bertz CT molecular complexity index is 702. The molecule has 7 heteroatoms. The highest BCUT2D eigenvalue weighted by Gasteiger charge is 2.29. The summed E-state index contributed by atoms with van der Waals surface area (Å²) in [5.74, 6) is 1.12. The van der Waals surface area contributed by atoms with Crippen molar-refractivity contribution in [1.82, 2.24) is 20.9 Å². The van der Waals surface area contributed by atoms with E-state index in [4.69, 9.17) is 0 Å². The first-order valence-electron chi connectivity index (χ1n) is 10.4. The molecule has 160 valence electrons. The van der Waals surface area contributed by atoms with Crippen LogP contribution in [0.1, 0.15) is 32.8 Å². The number of amides is 2. The van der Waals surface area contributed by atoms with Crippen LogP contribution in [0.25, 0.3) is 0 Å². The van der Waals surface area contributed by atoms with Gasteiger partial charge in [0.1, 0.15) is 0 Å². The van der Waals surface area contributed by atoms with Gasteiger partial charge in [0.25, 0.3) is 0 Å². The molecular weight excluding hydrogens is 366 g/mol. The van der Waals surface area contributed by atoms with E-state index in [0.29, 0.717) is 25.5 Å². The number of benzene rings is 1. The fourth-order valence-electron chi connectivity index (χ4n) is 3.39. The predicted octanol–water partition coefficient (Wildman–Crippen LogP) is 1.40. The Balaban J connectivity index is 1.84. The van der Waals surface area contributed by atoms with Crippen LogP contribution in [0.3, 0.4) is 0 Å². The molecule has 0 bridgehead atoms. The number of nitrogens with zero attached hydrogens (tertiary/aromatic N) is 2. The van der Waals surface area contributed by atoms with Gasteiger partial charge in [0.2, 0.25) is 11.8 Å². The van der Waals surface area contributed by atoms with Gasteiger partial charge >= 0.3 is 0 Å². The van der Waals surface area contributed by atoms with Crippen molar-refractivity contribution in [2.24, 2.45) is 16.3 Å². The minimum absolute atomic E-state index is 0.0347. The molecule has 1 fully saturated rings. The molecule has 0 aliphatic carbocycles. The summed E-state index contributed by atoms with van der Waals surface area (Å²) < 4.78 is 0. The van der Waals surface area contributed by atoms with Crippen molar-refractivity contribution >= 4 is 17.8 Å². The first-order chi connectivity index (χ1) is 13.9. The number of aliphatic imine (C=N–C) groups is 1. The van der Waals surface area contributed by atoms with Crippen molar-refractivity contribution in [2.45, 2.75) is 33.6 Å². The maximum atomic E-state index is 12.3. The Morgan fingerprint density at radius 1 is 1.24 bits per heavy atom. The molecule has 2 rings (SSSR count). The van der Waals surface area contributed by atoms with Crippen molar-refractivity contribution in [1.29, 1.82) is 0 Å². The summed E-state index contributed by atoms with van der Waals surface area (Å²) in [7, 11) is 1.64. The third-order valence-electron chi connectivity index (χ3n) is 5.18. The van der Waals surface area contributed by atoms with E-state index in [1.807, 2.05) is 43.9 Å². The summed E-state index contributed by atoms with van der Waals surface area (Å²) >= 11 is 0. The number of carbonyl (C=O) groups is 2. The summed E-state index contributed by atoms with van der Waals surface area (Å²) in [6.45, 7) is 9.08. The second-order valence-electron chi connectivity index (χ2n) is 8.18. The Morgan fingerprint density at radius 2 is 1.97 bits per heavy atom. The van der Waals surface area contributed by atoms with Crippen molar-refractivity contribution < 1.29 is 9.59 Å². The monoisotopic (exact) mass is 401 g/mol. The second-order valence-corrected chi connectivity index (χ2v) is 8.18. The number of likely N-dealkylation sites (tertiary alicyclic amines) is 1. The SMILES string of the molecule is CCNC(=NCC(C)(C)C(=O)NC)NCC1CC(=O)N(CCc2ccccc2)C1. The maximum absolute atomic E-state index is 12.3. The predicted molar refractivity (Wildman–Crippen MR) is 117 cm³/mol. The minimum Gasteiger partial charge on any atom is -0.359 e. The lowest BCUT2D eigenvalue weighted by atomic mass is 9.93. The Hall–Kier alpha value is -2.57. The molecule has 1 aliphatic heterocycles. The Kier molecular flexibility index (Phi) is 8.49. The zero-order valence-electron chi connectivity index (χ0n) is 18.1. The quantitative estimate of drug-likeness (QED) is 0.431. The Morgan fingerprint density at radius 3 is 2.62 bits per heavy atom. The molecule has 0 radical (unpaired) electrons. The third-order valence-corrected chi connectivity index (χ3v) is 5.18. The van der Waals surface area contributed by atoms with E-state index >= 15 is 0 Å². The fourth-order valence-corrected chi connectivity index (χ4v) is 3.39.